The third kappa shape index (κ3) is 3.59. The number of nitrogens with zero attached hydrogens (tertiary/aromatic N) is 1. The smallest absolute Gasteiger partial charge is 0.247 e. The fraction of sp³-hybridized carbons (Fsp3) is 0.364. The normalized spacial score (nSPS) is 22.4. The molecule has 2 saturated carbocycles. The Balaban J connectivity index is 1.62. The van der Waals surface area contributed by atoms with Gasteiger partial charge < -0.3 is 10.4 Å². The summed E-state index contributed by atoms with van der Waals surface area (Å²) >= 11 is 6.05. The molecule has 0 spiro atoms. The minimum atomic E-state index is -4.04. The highest BCUT2D eigenvalue weighted by Crippen LogP contribution is 2.43. The van der Waals surface area contributed by atoms with Crippen molar-refractivity contribution in [2.75, 3.05) is 19.4 Å². The second kappa shape index (κ2) is 8.15. The third-order valence-corrected chi connectivity index (χ3v) is 8.56. The van der Waals surface area contributed by atoms with Gasteiger partial charge in [-0.25, -0.2) is 12.7 Å². The van der Waals surface area contributed by atoms with E-state index in [1.807, 2.05) is 30.3 Å². The minimum Gasteiger partial charge on any atom is -0.504 e. The molecular weight excluding hydrogens is 454 g/mol. The number of sulfonamides is 1. The standard InChI is InChI=1S/C22H24ClN3O5S/c1-26(2)32(30,31)21-14(23)9-10-15(18(21)27)24-16-17(20(29)19(16)28)25-22(11-6-12-22)13-7-4-3-5-8-13/h3-5,7-10,16-17,24-25,27H,6,11-12H2,1-2H3. The van der Waals surface area contributed by atoms with Crippen molar-refractivity contribution in [3.8, 4) is 5.75 Å². The van der Waals surface area contributed by atoms with Crippen LogP contribution in [0.3, 0.4) is 0 Å². The molecule has 0 aliphatic heterocycles. The molecule has 8 nitrogen and oxygen atoms in total. The van der Waals surface area contributed by atoms with E-state index in [-0.39, 0.29) is 10.7 Å². The monoisotopic (exact) mass is 477 g/mol. The Kier molecular flexibility index (Phi) is 5.79. The van der Waals surface area contributed by atoms with Crippen molar-refractivity contribution in [3.05, 3.63) is 53.1 Å². The Morgan fingerprint density at radius 3 is 2.22 bits per heavy atom. The number of carbonyl (C=O) groups is 2. The van der Waals surface area contributed by atoms with Gasteiger partial charge in [0, 0.05) is 19.6 Å². The molecule has 0 aromatic heterocycles. The van der Waals surface area contributed by atoms with Crippen molar-refractivity contribution in [1.29, 1.82) is 0 Å². The van der Waals surface area contributed by atoms with Gasteiger partial charge in [0.1, 0.15) is 17.0 Å². The molecule has 2 aliphatic rings. The number of anilines is 1. The van der Waals surface area contributed by atoms with Crippen molar-refractivity contribution in [1.82, 2.24) is 9.62 Å². The second-order valence-electron chi connectivity index (χ2n) is 8.33. The first-order chi connectivity index (χ1) is 15.1. The molecule has 0 saturated heterocycles. The Morgan fingerprint density at radius 1 is 1.03 bits per heavy atom. The van der Waals surface area contributed by atoms with Gasteiger partial charge in [-0.1, -0.05) is 41.9 Å². The van der Waals surface area contributed by atoms with E-state index in [0.717, 1.165) is 29.1 Å². The average Bonchev–Trinajstić information content (AvgIpc) is 2.73. The van der Waals surface area contributed by atoms with Crippen molar-refractivity contribution in [2.24, 2.45) is 0 Å². The van der Waals surface area contributed by atoms with Crippen LogP contribution in [0.5, 0.6) is 5.75 Å². The van der Waals surface area contributed by atoms with Crippen LogP contribution in [0.1, 0.15) is 24.8 Å². The van der Waals surface area contributed by atoms with Crippen LogP contribution in [-0.4, -0.2) is 55.6 Å². The van der Waals surface area contributed by atoms with Crippen molar-refractivity contribution in [2.45, 2.75) is 41.8 Å². The van der Waals surface area contributed by atoms with Crippen molar-refractivity contribution >= 4 is 38.9 Å². The van der Waals surface area contributed by atoms with E-state index in [9.17, 15) is 23.1 Å². The summed E-state index contributed by atoms with van der Waals surface area (Å²) in [7, 11) is -1.40. The van der Waals surface area contributed by atoms with Gasteiger partial charge in [0.15, 0.2) is 5.75 Å². The zero-order valence-corrected chi connectivity index (χ0v) is 19.2. The topological polar surface area (TPSA) is 116 Å². The summed E-state index contributed by atoms with van der Waals surface area (Å²) in [6.45, 7) is 0. The Labute approximate surface area is 191 Å². The quantitative estimate of drug-likeness (QED) is 0.413. The van der Waals surface area contributed by atoms with Crippen molar-refractivity contribution < 1.29 is 23.1 Å². The highest BCUT2D eigenvalue weighted by atomic mass is 35.5. The fourth-order valence-electron chi connectivity index (χ4n) is 4.17. The molecular formula is C22H24ClN3O5S. The van der Waals surface area contributed by atoms with Gasteiger partial charge in [-0.3, -0.25) is 14.9 Å². The van der Waals surface area contributed by atoms with Gasteiger partial charge in [-0.05, 0) is 37.0 Å². The number of ketones is 2. The van der Waals surface area contributed by atoms with Crippen LogP contribution in [-0.2, 0) is 25.2 Å². The summed E-state index contributed by atoms with van der Waals surface area (Å²) in [5, 5.41) is 16.7. The van der Waals surface area contributed by atoms with Crippen LogP contribution >= 0.6 is 11.6 Å². The number of carbonyl (C=O) groups excluding carboxylic acids is 2. The summed E-state index contributed by atoms with van der Waals surface area (Å²) in [6.07, 6.45) is 2.66. The summed E-state index contributed by atoms with van der Waals surface area (Å²) in [4.78, 5) is 24.4. The van der Waals surface area contributed by atoms with Crippen LogP contribution in [0, 0.1) is 0 Å². The first kappa shape index (κ1) is 22.7. The van der Waals surface area contributed by atoms with Crippen LogP contribution in [0.15, 0.2) is 47.4 Å². The molecule has 0 heterocycles. The maximum absolute atomic E-state index is 12.6. The maximum Gasteiger partial charge on any atom is 0.247 e. The molecule has 0 amide bonds. The fourth-order valence-corrected chi connectivity index (χ4v) is 5.65. The molecule has 2 fully saturated rings. The number of phenols is 1. The number of Topliss-reactive ketones (excluding diaryl/α,β-unsaturated/α-hetero) is 2. The number of phenolic OH excluding ortho intramolecular Hbond substituents is 1. The lowest BCUT2D eigenvalue weighted by Crippen LogP contribution is -2.71. The molecule has 0 radical (unpaired) electrons. The lowest BCUT2D eigenvalue weighted by atomic mass is 9.69. The first-order valence-electron chi connectivity index (χ1n) is 10.2. The van der Waals surface area contributed by atoms with Crippen molar-refractivity contribution in [3.63, 3.8) is 0 Å². The predicted octanol–water partition coefficient (Wildman–Crippen LogP) is 2.27. The molecule has 2 unspecified atom stereocenters. The number of hydrogen-bond acceptors (Lipinski definition) is 7. The van der Waals surface area contributed by atoms with E-state index < -0.39 is 49.9 Å². The zero-order valence-electron chi connectivity index (χ0n) is 17.6. The van der Waals surface area contributed by atoms with Crippen LogP contribution in [0.2, 0.25) is 5.02 Å². The number of nitrogens with one attached hydrogen (secondary N) is 2. The highest BCUT2D eigenvalue weighted by molar-refractivity contribution is 7.89. The molecule has 4 rings (SSSR count). The number of aromatic hydroxyl groups is 1. The van der Waals surface area contributed by atoms with E-state index in [4.69, 9.17) is 11.6 Å². The van der Waals surface area contributed by atoms with Gasteiger partial charge in [-0.15, -0.1) is 0 Å². The molecule has 2 aliphatic carbocycles. The summed E-state index contributed by atoms with van der Waals surface area (Å²) in [6, 6.07) is 10.7. The lowest BCUT2D eigenvalue weighted by molar-refractivity contribution is -0.146. The van der Waals surface area contributed by atoms with E-state index in [1.54, 1.807) is 0 Å². The summed E-state index contributed by atoms with van der Waals surface area (Å²) in [5.74, 6) is -1.77. The van der Waals surface area contributed by atoms with E-state index in [1.165, 1.54) is 26.2 Å². The molecule has 32 heavy (non-hydrogen) atoms. The minimum absolute atomic E-state index is 0.00912. The van der Waals surface area contributed by atoms with E-state index >= 15 is 0 Å². The SMILES string of the molecule is CN(C)S(=O)(=O)c1c(Cl)ccc(NC2C(=O)C(=O)C2NC2(c3ccccc3)CCC2)c1O. The number of hydrogen-bond donors (Lipinski definition) is 3. The molecule has 0 bridgehead atoms. The van der Waals surface area contributed by atoms with Crippen LogP contribution in [0.25, 0.3) is 0 Å². The molecule has 10 heteroatoms. The number of halogens is 1. The van der Waals surface area contributed by atoms with Crippen LogP contribution in [0.4, 0.5) is 5.69 Å². The molecule has 2 aromatic carbocycles. The lowest BCUT2D eigenvalue weighted by Gasteiger charge is -2.49. The van der Waals surface area contributed by atoms with E-state index in [0.29, 0.717) is 0 Å². The van der Waals surface area contributed by atoms with Gasteiger partial charge in [0.25, 0.3) is 0 Å². The Morgan fingerprint density at radius 2 is 1.66 bits per heavy atom. The molecule has 170 valence electrons. The summed E-state index contributed by atoms with van der Waals surface area (Å²) < 4.78 is 26.1. The number of rotatable bonds is 7. The largest absolute Gasteiger partial charge is 0.504 e. The molecule has 3 N–H and O–H groups in total. The van der Waals surface area contributed by atoms with Gasteiger partial charge in [0.05, 0.1) is 10.7 Å². The zero-order chi connectivity index (χ0) is 23.3. The third-order valence-electron chi connectivity index (χ3n) is 6.24. The molecule has 2 aromatic rings. The Bertz CT molecular complexity index is 1180. The summed E-state index contributed by atoms with van der Waals surface area (Å²) in [5.41, 5.74) is 0.657. The van der Waals surface area contributed by atoms with Gasteiger partial charge in [-0.2, -0.15) is 0 Å². The first-order valence-corrected chi connectivity index (χ1v) is 12.0. The highest BCUT2D eigenvalue weighted by Gasteiger charge is 2.54. The predicted molar refractivity (Wildman–Crippen MR) is 120 cm³/mol. The molecule has 2 atom stereocenters. The number of benzene rings is 2. The van der Waals surface area contributed by atoms with Gasteiger partial charge in [0.2, 0.25) is 21.6 Å². The van der Waals surface area contributed by atoms with Crippen LogP contribution < -0.4 is 10.6 Å². The van der Waals surface area contributed by atoms with E-state index in [2.05, 4.69) is 10.6 Å². The average molecular weight is 478 g/mol. The van der Waals surface area contributed by atoms with Gasteiger partial charge >= 0.3 is 0 Å². The Hall–Kier alpha value is -2.46. The second-order valence-corrected chi connectivity index (χ2v) is 10.8. The maximum atomic E-state index is 12.6.